The number of nitrogens with two attached hydrogens (primary N) is 1. The molecule has 2 aliphatic carbocycles. The highest BCUT2D eigenvalue weighted by molar-refractivity contribution is 5.64. The minimum atomic E-state index is -0.970. The van der Waals surface area contributed by atoms with Crippen molar-refractivity contribution >= 4 is 23.7 Å². The summed E-state index contributed by atoms with van der Waals surface area (Å²) < 4.78 is 0. The lowest BCUT2D eigenvalue weighted by Crippen LogP contribution is -2.30. The van der Waals surface area contributed by atoms with E-state index < -0.39 is 6.09 Å². The molecule has 0 radical (unpaired) electrons. The fourth-order valence-electron chi connectivity index (χ4n) is 4.74. The Bertz CT molecular complexity index is 654. The molecule has 2 saturated carbocycles. The molecule has 1 aliphatic heterocycles. The standard InChI is InChI=1S/C17H26N6O2/c18-16-21-14(20-13-6-10-1-2-12(13)5-10)7-15(22-16)23-4-3-11(9-23)8-19-17(24)25/h7,10-13,19H,1-6,8-9H2,(H,24,25)(H3,18,20,21,22). The van der Waals surface area contributed by atoms with Gasteiger partial charge in [-0.3, -0.25) is 0 Å². The third-order valence-electron chi connectivity index (χ3n) is 5.95. The first-order valence-corrected chi connectivity index (χ1v) is 9.19. The van der Waals surface area contributed by atoms with E-state index in [1.165, 1.54) is 25.7 Å². The lowest BCUT2D eigenvalue weighted by molar-refractivity contribution is 0.192. The number of nitrogens with zero attached hydrogens (tertiary/aromatic N) is 3. The third kappa shape index (κ3) is 3.57. The highest BCUT2D eigenvalue weighted by Crippen LogP contribution is 2.45. The smallest absolute Gasteiger partial charge is 0.404 e. The van der Waals surface area contributed by atoms with Crippen LogP contribution in [0.4, 0.5) is 22.4 Å². The Morgan fingerprint density at radius 1 is 1.32 bits per heavy atom. The molecule has 2 bridgehead atoms. The molecule has 3 aliphatic rings. The zero-order valence-corrected chi connectivity index (χ0v) is 14.3. The van der Waals surface area contributed by atoms with Gasteiger partial charge in [0.1, 0.15) is 11.6 Å². The maximum absolute atomic E-state index is 10.6. The summed E-state index contributed by atoms with van der Waals surface area (Å²) in [6, 6.07) is 2.49. The van der Waals surface area contributed by atoms with E-state index in [0.29, 0.717) is 18.5 Å². The zero-order chi connectivity index (χ0) is 17.4. The summed E-state index contributed by atoms with van der Waals surface area (Å²) in [5, 5.41) is 14.8. The van der Waals surface area contributed by atoms with Gasteiger partial charge in [-0.25, -0.2) is 4.79 Å². The van der Waals surface area contributed by atoms with E-state index in [1.54, 1.807) is 0 Å². The molecule has 8 nitrogen and oxygen atoms in total. The van der Waals surface area contributed by atoms with Crippen LogP contribution < -0.4 is 21.3 Å². The first kappa shape index (κ1) is 16.2. The van der Waals surface area contributed by atoms with Crippen LogP contribution in [0.3, 0.4) is 0 Å². The number of amides is 1. The van der Waals surface area contributed by atoms with E-state index in [4.69, 9.17) is 10.8 Å². The lowest BCUT2D eigenvalue weighted by atomic mass is 9.95. The molecule has 1 aromatic rings. The summed E-state index contributed by atoms with van der Waals surface area (Å²) in [5.74, 6) is 3.87. The minimum absolute atomic E-state index is 0.287. The van der Waals surface area contributed by atoms with Gasteiger partial charge in [0.05, 0.1) is 0 Å². The average molecular weight is 346 g/mol. The van der Waals surface area contributed by atoms with Gasteiger partial charge in [-0.2, -0.15) is 9.97 Å². The van der Waals surface area contributed by atoms with Gasteiger partial charge in [-0.15, -0.1) is 0 Å². The molecule has 25 heavy (non-hydrogen) atoms. The largest absolute Gasteiger partial charge is 0.465 e. The van der Waals surface area contributed by atoms with Gasteiger partial charge < -0.3 is 26.4 Å². The fraction of sp³-hybridized carbons (Fsp3) is 0.706. The van der Waals surface area contributed by atoms with E-state index in [0.717, 1.165) is 43.0 Å². The molecule has 1 aromatic heterocycles. The van der Waals surface area contributed by atoms with Crippen LogP contribution in [0.15, 0.2) is 6.07 Å². The molecule has 4 atom stereocenters. The Kier molecular flexibility index (Phi) is 4.27. The minimum Gasteiger partial charge on any atom is -0.465 e. The van der Waals surface area contributed by atoms with Crippen molar-refractivity contribution in [3.63, 3.8) is 0 Å². The highest BCUT2D eigenvalue weighted by Gasteiger charge is 2.39. The number of hydrogen-bond donors (Lipinski definition) is 4. The van der Waals surface area contributed by atoms with E-state index in [-0.39, 0.29) is 5.95 Å². The second kappa shape index (κ2) is 6.57. The number of aromatic nitrogens is 2. The summed E-state index contributed by atoms with van der Waals surface area (Å²) in [5.41, 5.74) is 5.93. The van der Waals surface area contributed by atoms with Crippen molar-refractivity contribution in [2.75, 3.05) is 35.6 Å². The first-order valence-electron chi connectivity index (χ1n) is 9.19. The summed E-state index contributed by atoms with van der Waals surface area (Å²) >= 11 is 0. The predicted molar refractivity (Wildman–Crippen MR) is 95.7 cm³/mol. The lowest BCUT2D eigenvalue weighted by Gasteiger charge is -2.24. The number of rotatable bonds is 5. The second-order valence-corrected chi connectivity index (χ2v) is 7.68. The van der Waals surface area contributed by atoms with E-state index >= 15 is 0 Å². The van der Waals surface area contributed by atoms with Crippen LogP contribution in [0, 0.1) is 17.8 Å². The number of nitrogen functional groups attached to an aromatic ring is 1. The molecule has 4 unspecified atom stereocenters. The first-order chi connectivity index (χ1) is 12.1. The number of nitrogens with one attached hydrogen (secondary N) is 2. The quantitative estimate of drug-likeness (QED) is 0.642. The van der Waals surface area contributed by atoms with Crippen molar-refractivity contribution in [2.24, 2.45) is 17.8 Å². The molecule has 136 valence electrons. The van der Waals surface area contributed by atoms with Crippen LogP contribution >= 0.6 is 0 Å². The molecular weight excluding hydrogens is 320 g/mol. The summed E-state index contributed by atoms with van der Waals surface area (Å²) in [7, 11) is 0. The third-order valence-corrected chi connectivity index (χ3v) is 5.95. The van der Waals surface area contributed by atoms with Crippen LogP contribution in [0.25, 0.3) is 0 Å². The van der Waals surface area contributed by atoms with Crippen molar-refractivity contribution in [3.05, 3.63) is 6.07 Å². The van der Waals surface area contributed by atoms with E-state index in [1.807, 2.05) is 6.07 Å². The highest BCUT2D eigenvalue weighted by atomic mass is 16.4. The monoisotopic (exact) mass is 346 g/mol. The average Bonchev–Trinajstić information content (AvgIpc) is 3.29. The molecule has 8 heteroatoms. The number of carboxylic acid groups (broad SMARTS) is 1. The molecular formula is C17H26N6O2. The Hall–Kier alpha value is -2.25. The van der Waals surface area contributed by atoms with Crippen LogP contribution in [0.5, 0.6) is 0 Å². The Labute approximate surface area is 147 Å². The topological polar surface area (TPSA) is 116 Å². The molecule has 0 aromatic carbocycles. The number of hydrogen-bond acceptors (Lipinski definition) is 6. The summed E-state index contributed by atoms with van der Waals surface area (Å²) in [6.45, 7) is 2.11. The normalized spacial score (nSPS) is 30.6. The van der Waals surface area contributed by atoms with Crippen LogP contribution in [0.1, 0.15) is 32.1 Å². The molecule has 5 N–H and O–H groups in total. The number of anilines is 3. The maximum atomic E-state index is 10.6. The maximum Gasteiger partial charge on any atom is 0.404 e. The predicted octanol–water partition coefficient (Wildman–Crippen LogP) is 1.75. The SMILES string of the molecule is Nc1nc(NC2CC3CCC2C3)cc(N2CCC(CNC(=O)O)C2)n1. The zero-order valence-electron chi connectivity index (χ0n) is 14.3. The Balaban J connectivity index is 1.40. The van der Waals surface area contributed by atoms with Gasteiger partial charge in [-0.05, 0) is 43.4 Å². The molecule has 1 amide bonds. The van der Waals surface area contributed by atoms with Gasteiger partial charge in [-0.1, -0.05) is 6.42 Å². The molecule has 1 saturated heterocycles. The van der Waals surface area contributed by atoms with Crippen molar-refractivity contribution in [2.45, 2.75) is 38.1 Å². The van der Waals surface area contributed by atoms with Crippen LogP contribution in [-0.4, -0.2) is 46.8 Å². The molecule has 4 rings (SSSR count). The van der Waals surface area contributed by atoms with Gasteiger partial charge in [0, 0.05) is 31.7 Å². The van der Waals surface area contributed by atoms with E-state index in [2.05, 4.69) is 25.5 Å². The Morgan fingerprint density at radius 2 is 2.20 bits per heavy atom. The fourth-order valence-corrected chi connectivity index (χ4v) is 4.74. The van der Waals surface area contributed by atoms with Crippen molar-refractivity contribution in [3.8, 4) is 0 Å². The van der Waals surface area contributed by atoms with Crippen molar-refractivity contribution < 1.29 is 9.90 Å². The summed E-state index contributed by atoms with van der Waals surface area (Å²) in [4.78, 5) is 21.6. The van der Waals surface area contributed by atoms with Gasteiger partial charge in [0.25, 0.3) is 0 Å². The Morgan fingerprint density at radius 3 is 2.92 bits per heavy atom. The van der Waals surface area contributed by atoms with Gasteiger partial charge >= 0.3 is 6.09 Å². The summed E-state index contributed by atoms with van der Waals surface area (Å²) in [6.07, 6.45) is 5.24. The van der Waals surface area contributed by atoms with Crippen LogP contribution in [-0.2, 0) is 0 Å². The van der Waals surface area contributed by atoms with Crippen molar-refractivity contribution in [1.82, 2.24) is 15.3 Å². The number of fused-ring (bicyclic) bond motifs is 2. The van der Waals surface area contributed by atoms with Crippen LogP contribution in [0.2, 0.25) is 0 Å². The van der Waals surface area contributed by atoms with Crippen molar-refractivity contribution in [1.29, 1.82) is 0 Å². The number of carbonyl (C=O) groups is 1. The van der Waals surface area contributed by atoms with Gasteiger partial charge in [0.15, 0.2) is 0 Å². The van der Waals surface area contributed by atoms with E-state index in [9.17, 15) is 4.79 Å². The molecule has 0 spiro atoms. The second-order valence-electron chi connectivity index (χ2n) is 7.68. The van der Waals surface area contributed by atoms with Gasteiger partial charge in [0.2, 0.25) is 5.95 Å². The molecule has 3 fully saturated rings. The molecule has 2 heterocycles.